The highest BCUT2D eigenvalue weighted by Crippen LogP contribution is 2.10. The van der Waals surface area contributed by atoms with E-state index in [4.69, 9.17) is 10.8 Å². The van der Waals surface area contributed by atoms with E-state index in [1.165, 1.54) is 11.8 Å². The summed E-state index contributed by atoms with van der Waals surface area (Å²) in [5, 5.41) is 20.0. The number of thioether (sulfide) groups is 1. The molecule has 1 atom stereocenters. The van der Waals surface area contributed by atoms with E-state index >= 15 is 0 Å². The van der Waals surface area contributed by atoms with Gasteiger partial charge in [-0.05, 0) is 16.8 Å². The third-order valence-electron chi connectivity index (χ3n) is 2.18. The van der Waals surface area contributed by atoms with E-state index in [0.29, 0.717) is 11.5 Å². The summed E-state index contributed by atoms with van der Waals surface area (Å²) in [4.78, 5) is 10.5. The van der Waals surface area contributed by atoms with Crippen molar-refractivity contribution in [2.24, 2.45) is 5.73 Å². The van der Waals surface area contributed by atoms with Crippen LogP contribution in [0.3, 0.4) is 0 Å². The largest absolute Gasteiger partial charge is 0.480 e. The molecule has 0 saturated heterocycles. The number of carboxylic acid groups (broad SMARTS) is 1. The van der Waals surface area contributed by atoms with E-state index in [0.717, 1.165) is 25.2 Å². The number of hydrogen-bond donors (Lipinski definition) is 2. The summed E-state index contributed by atoms with van der Waals surface area (Å²) in [6.45, 7) is 2.90. The van der Waals surface area contributed by atoms with Crippen LogP contribution in [0.25, 0.3) is 0 Å². The van der Waals surface area contributed by atoms with Crippen LogP contribution in [-0.4, -0.2) is 43.1 Å². The Morgan fingerprint density at radius 3 is 3.06 bits per heavy atom. The van der Waals surface area contributed by atoms with Crippen molar-refractivity contribution in [1.82, 2.24) is 20.2 Å². The zero-order valence-corrected chi connectivity index (χ0v) is 10.6. The van der Waals surface area contributed by atoms with Crippen LogP contribution in [-0.2, 0) is 17.1 Å². The molecule has 0 fully saturated rings. The fourth-order valence-electron chi connectivity index (χ4n) is 1.16. The molecule has 17 heavy (non-hydrogen) atoms. The van der Waals surface area contributed by atoms with Crippen molar-refractivity contribution < 1.29 is 9.90 Å². The molecule has 1 rings (SSSR count). The molecular formula is C9H17N5O2S. The van der Waals surface area contributed by atoms with Crippen molar-refractivity contribution >= 4 is 17.7 Å². The van der Waals surface area contributed by atoms with E-state index in [9.17, 15) is 4.79 Å². The first-order valence-corrected chi connectivity index (χ1v) is 6.61. The molecule has 0 aliphatic heterocycles. The first-order valence-electron chi connectivity index (χ1n) is 5.46. The third kappa shape index (κ3) is 4.70. The van der Waals surface area contributed by atoms with Crippen molar-refractivity contribution in [2.45, 2.75) is 38.1 Å². The quantitative estimate of drug-likeness (QED) is 0.682. The average molecular weight is 259 g/mol. The van der Waals surface area contributed by atoms with Gasteiger partial charge in [0.05, 0.1) is 5.75 Å². The summed E-state index contributed by atoms with van der Waals surface area (Å²) >= 11 is 1.43. The predicted octanol–water partition coefficient (Wildman–Crippen LogP) is 0.118. The molecule has 8 heteroatoms. The van der Waals surface area contributed by atoms with Gasteiger partial charge in [-0.2, -0.15) is 11.8 Å². The van der Waals surface area contributed by atoms with E-state index < -0.39 is 12.0 Å². The number of tetrazole rings is 1. The average Bonchev–Trinajstić information content (AvgIpc) is 2.73. The zero-order chi connectivity index (χ0) is 12.7. The number of aryl methyl sites for hydroxylation is 1. The highest BCUT2D eigenvalue weighted by atomic mass is 32.2. The van der Waals surface area contributed by atoms with Crippen LogP contribution in [0.1, 0.15) is 25.6 Å². The number of rotatable bonds is 8. The Balaban J connectivity index is 2.36. The number of aromatic nitrogens is 4. The van der Waals surface area contributed by atoms with Crippen molar-refractivity contribution in [3.8, 4) is 0 Å². The Bertz CT molecular complexity index is 357. The van der Waals surface area contributed by atoms with E-state index in [-0.39, 0.29) is 0 Å². The van der Waals surface area contributed by atoms with Crippen LogP contribution in [0.4, 0.5) is 0 Å². The second kappa shape index (κ2) is 7.23. The molecule has 0 spiro atoms. The summed E-state index contributed by atoms with van der Waals surface area (Å²) in [5.41, 5.74) is 5.40. The van der Waals surface area contributed by atoms with Gasteiger partial charge in [-0.1, -0.05) is 13.3 Å². The molecule has 0 amide bonds. The number of carboxylic acids is 1. The summed E-state index contributed by atoms with van der Waals surface area (Å²) in [7, 11) is 0. The molecule has 0 aliphatic rings. The van der Waals surface area contributed by atoms with Gasteiger partial charge in [0.1, 0.15) is 6.04 Å². The molecule has 96 valence electrons. The Morgan fingerprint density at radius 1 is 1.65 bits per heavy atom. The van der Waals surface area contributed by atoms with Crippen molar-refractivity contribution in [3.05, 3.63) is 5.82 Å². The number of unbranched alkanes of at least 4 members (excludes halogenated alkanes) is 1. The molecule has 0 aromatic carbocycles. The first-order chi connectivity index (χ1) is 8.15. The summed E-state index contributed by atoms with van der Waals surface area (Å²) in [6, 6.07) is -0.833. The molecule has 0 aliphatic carbocycles. The lowest BCUT2D eigenvalue weighted by atomic mass is 10.3. The van der Waals surface area contributed by atoms with Crippen LogP contribution >= 0.6 is 11.8 Å². The fourth-order valence-corrected chi connectivity index (χ4v) is 2.06. The molecule has 7 nitrogen and oxygen atoms in total. The minimum Gasteiger partial charge on any atom is -0.480 e. The zero-order valence-electron chi connectivity index (χ0n) is 9.74. The smallest absolute Gasteiger partial charge is 0.321 e. The highest BCUT2D eigenvalue weighted by molar-refractivity contribution is 7.98. The maximum Gasteiger partial charge on any atom is 0.321 e. The van der Waals surface area contributed by atoms with Gasteiger partial charge in [0.2, 0.25) is 0 Å². The number of hydrogen-bond acceptors (Lipinski definition) is 6. The third-order valence-corrected chi connectivity index (χ3v) is 3.23. The topological polar surface area (TPSA) is 107 Å². The summed E-state index contributed by atoms with van der Waals surface area (Å²) in [6.07, 6.45) is 2.10. The molecule has 0 radical (unpaired) electrons. The molecule has 0 unspecified atom stereocenters. The van der Waals surface area contributed by atoms with Crippen molar-refractivity contribution in [2.75, 3.05) is 5.75 Å². The second-order valence-corrected chi connectivity index (χ2v) is 4.66. The van der Waals surface area contributed by atoms with Gasteiger partial charge in [-0.3, -0.25) is 4.79 Å². The minimum atomic E-state index is -0.983. The second-order valence-electron chi connectivity index (χ2n) is 3.63. The van der Waals surface area contributed by atoms with E-state index in [1.807, 2.05) is 0 Å². The lowest BCUT2D eigenvalue weighted by molar-refractivity contribution is -0.137. The van der Waals surface area contributed by atoms with Gasteiger partial charge < -0.3 is 10.8 Å². The number of nitrogens with two attached hydrogens (primary N) is 1. The molecule has 3 N–H and O–H groups in total. The van der Waals surface area contributed by atoms with E-state index in [2.05, 4.69) is 22.4 Å². The van der Waals surface area contributed by atoms with Crippen molar-refractivity contribution in [1.29, 1.82) is 0 Å². The first kappa shape index (κ1) is 13.9. The molecule has 1 heterocycles. The molecule has 0 saturated carbocycles. The van der Waals surface area contributed by atoms with Crippen molar-refractivity contribution in [3.63, 3.8) is 0 Å². The van der Waals surface area contributed by atoms with Gasteiger partial charge in [0, 0.05) is 12.3 Å². The Labute approximate surface area is 104 Å². The highest BCUT2D eigenvalue weighted by Gasteiger charge is 2.12. The van der Waals surface area contributed by atoms with E-state index in [1.54, 1.807) is 4.68 Å². The monoisotopic (exact) mass is 259 g/mol. The summed E-state index contributed by atoms with van der Waals surface area (Å²) in [5.74, 6) is 0.720. The molecule has 0 bridgehead atoms. The molecule has 1 aromatic rings. The maximum absolute atomic E-state index is 10.5. The Morgan fingerprint density at radius 2 is 2.41 bits per heavy atom. The predicted molar refractivity (Wildman–Crippen MR) is 64.5 cm³/mol. The van der Waals surface area contributed by atoms with Gasteiger partial charge in [0.15, 0.2) is 5.82 Å². The normalized spacial score (nSPS) is 12.6. The number of nitrogens with zero attached hydrogens (tertiary/aromatic N) is 4. The Hall–Kier alpha value is -1.15. The minimum absolute atomic E-state index is 0.357. The van der Waals surface area contributed by atoms with Crippen LogP contribution in [0, 0.1) is 0 Å². The SMILES string of the molecule is CCCCn1nnnc1CSC[C@@H](N)C(=O)O. The Kier molecular flexibility index (Phi) is 5.92. The van der Waals surface area contributed by atoms with Gasteiger partial charge >= 0.3 is 5.97 Å². The molecule has 1 aromatic heterocycles. The fraction of sp³-hybridized carbons (Fsp3) is 0.778. The molecular weight excluding hydrogens is 242 g/mol. The van der Waals surface area contributed by atoms with Crippen LogP contribution in [0.5, 0.6) is 0 Å². The lowest BCUT2D eigenvalue weighted by Gasteiger charge is -2.06. The van der Waals surface area contributed by atoms with Crippen LogP contribution in [0.2, 0.25) is 0 Å². The maximum atomic E-state index is 10.5. The van der Waals surface area contributed by atoms with Crippen LogP contribution < -0.4 is 5.73 Å². The standard InChI is InChI=1S/C9H17N5O2S/c1-2-3-4-14-8(11-12-13-14)6-17-5-7(10)9(15)16/h7H,2-6,10H2,1H3,(H,15,16)/t7-/m1/s1. The van der Waals surface area contributed by atoms with Gasteiger partial charge in [-0.25, -0.2) is 4.68 Å². The number of aliphatic carboxylic acids is 1. The lowest BCUT2D eigenvalue weighted by Crippen LogP contribution is -2.32. The van der Waals surface area contributed by atoms with Crippen LogP contribution in [0.15, 0.2) is 0 Å². The summed E-state index contributed by atoms with van der Waals surface area (Å²) < 4.78 is 1.75. The number of carbonyl (C=O) groups is 1. The van der Waals surface area contributed by atoms with Gasteiger partial charge in [-0.15, -0.1) is 5.10 Å². The van der Waals surface area contributed by atoms with Gasteiger partial charge in [0.25, 0.3) is 0 Å².